The second-order valence-corrected chi connectivity index (χ2v) is 2.55. The molecule has 7 heteroatoms. The molecule has 0 saturated carbocycles. The van der Waals surface area contributed by atoms with E-state index in [0.717, 1.165) is 0 Å². The maximum atomic E-state index is 10.2. The zero-order valence-electron chi connectivity index (χ0n) is 7.16. The van der Waals surface area contributed by atoms with E-state index in [0.29, 0.717) is 13.0 Å². The predicted molar refractivity (Wildman–Crippen MR) is 42.1 cm³/mol. The molecule has 2 rings (SSSR count). The van der Waals surface area contributed by atoms with E-state index >= 15 is 0 Å². The highest BCUT2D eigenvalue weighted by Crippen LogP contribution is 1.88. The number of imide groups is 1. The lowest BCUT2D eigenvalue weighted by atomic mass is 10.3. The van der Waals surface area contributed by atoms with Crippen LogP contribution < -0.4 is 10.6 Å². The molecule has 14 heavy (non-hydrogen) atoms. The van der Waals surface area contributed by atoms with Gasteiger partial charge in [0.15, 0.2) is 6.61 Å². The third-order valence-electron chi connectivity index (χ3n) is 1.47. The Morgan fingerprint density at radius 1 is 1.14 bits per heavy atom. The lowest BCUT2D eigenvalue weighted by Crippen LogP contribution is -2.18. The first-order chi connectivity index (χ1) is 6.59. The fourth-order valence-electron chi connectivity index (χ4n) is 0.819. The van der Waals surface area contributed by atoms with Crippen molar-refractivity contribution in [1.82, 2.24) is 10.6 Å². The van der Waals surface area contributed by atoms with Crippen molar-refractivity contribution in [2.45, 2.75) is 6.42 Å². The molecular formula is C7H8N2O5. The molecule has 0 unspecified atom stereocenters. The van der Waals surface area contributed by atoms with E-state index in [1.165, 1.54) is 0 Å². The summed E-state index contributed by atoms with van der Waals surface area (Å²) in [7, 11) is 0. The maximum Gasteiger partial charge on any atom is 0.414 e. The molecule has 0 aromatic rings. The highest BCUT2D eigenvalue weighted by atomic mass is 16.6. The molecular weight excluding hydrogens is 192 g/mol. The molecule has 3 amide bonds. The third-order valence-corrected chi connectivity index (χ3v) is 1.47. The van der Waals surface area contributed by atoms with E-state index in [1.54, 1.807) is 0 Å². The van der Waals surface area contributed by atoms with Crippen LogP contribution in [0.3, 0.4) is 0 Å². The fourth-order valence-corrected chi connectivity index (χ4v) is 0.819. The van der Waals surface area contributed by atoms with Gasteiger partial charge in [-0.15, -0.1) is 0 Å². The Kier molecular flexibility index (Phi) is 3.16. The molecule has 0 aromatic carbocycles. The molecule has 0 aromatic heterocycles. The van der Waals surface area contributed by atoms with Crippen LogP contribution in [0.15, 0.2) is 0 Å². The third kappa shape index (κ3) is 2.85. The Hall–Kier alpha value is -1.92. The highest BCUT2D eigenvalue weighted by Gasteiger charge is 2.18. The van der Waals surface area contributed by atoms with Crippen molar-refractivity contribution in [2.24, 2.45) is 0 Å². The topological polar surface area (TPSA) is 102 Å². The summed E-state index contributed by atoms with van der Waals surface area (Å²) in [4.78, 5) is 40.2. The van der Waals surface area contributed by atoms with Crippen LogP contribution >= 0.6 is 0 Å². The molecule has 76 valence electrons. The highest BCUT2D eigenvalue weighted by molar-refractivity contribution is 6.37. The maximum absolute atomic E-state index is 10.2. The van der Waals surface area contributed by atoms with E-state index in [9.17, 15) is 19.2 Å². The lowest BCUT2D eigenvalue weighted by Gasteiger charge is -1.78. The number of carbonyl (C=O) groups excluding carboxylic acids is 4. The number of hydrogen-bond acceptors (Lipinski definition) is 5. The zero-order valence-corrected chi connectivity index (χ0v) is 7.16. The van der Waals surface area contributed by atoms with Crippen LogP contribution in [0.25, 0.3) is 0 Å². The van der Waals surface area contributed by atoms with Crippen molar-refractivity contribution >= 4 is 23.7 Å². The van der Waals surface area contributed by atoms with Crippen molar-refractivity contribution in [2.75, 3.05) is 13.2 Å². The first kappa shape index (κ1) is 10.2. The normalized spacial score (nSPS) is 19.4. The van der Waals surface area contributed by atoms with Crippen LogP contribution in [0, 0.1) is 0 Å². The second-order valence-electron chi connectivity index (χ2n) is 2.55. The van der Waals surface area contributed by atoms with Crippen LogP contribution in [-0.2, 0) is 19.1 Å². The van der Waals surface area contributed by atoms with Gasteiger partial charge in [-0.2, -0.15) is 0 Å². The number of rotatable bonds is 0. The number of Topliss-reactive ketones (excluding diaryl/α,β-unsaturated/α-hetero) is 1. The molecule has 0 radical (unpaired) electrons. The molecule has 0 atom stereocenters. The van der Waals surface area contributed by atoms with Crippen LogP contribution in [-0.4, -0.2) is 36.8 Å². The minimum atomic E-state index is -0.648. The molecule has 2 aliphatic rings. The van der Waals surface area contributed by atoms with Crippen molar-refractivity contribution in [3.8, 4) is 0 Å². The lowest BCUT2D eigenvalue weighted by molar-refractivity contribution is -0.135. The Labute approximate surface area is 78.8 Å². The van der Waals surface area contributed by atoms with E-state index in [1.807, 2.05) is 5.32 Å². The Morgan fingerprint density at radius 3 is 2.00 bits per heavy atom. The van der Waals surface area contributed by atoms with Crippen molar-refractivity contribution < 1.29 is 23.9 Å². The van der Waals surface area contributed by atoms with Gasteiger partial charge >= 0.3 is 6.09 Å². The summed E-state index contributed by atoms with van der Waals surface area (Å²) in [5.41, 5.74) is 0. The standard InChI is InChI=1S/C4H5NO2.C3H3NO3/c6-3-1-2-5-4(3)7;5-2-1-7-3(6)4-2/h1-2H2,(H,5,7);1H2,(H,4,5,6). The fraction of sp³-hybridized carbons (Fsp3) is 0.429. The monoisotopic (exact) mass is 200 g/mol. The van der Waals surface area contributed by atoms with Gasteiger partial charge in [0.1, 0.15) is 0 Å². The van der Waals surface area contributed by atoms with E-state index in [-0.39, 0.29) is 18.3 Å². The Balaban J connectivity index is 0.000000140. The molecule has 7 nitrogen and oxygen atoms in total. The van der Waals surface area contributed by atoms with Crippen molar-refractivity contribution in [3.05, 3.63) is 0 Å². The SMILES string of the molecule is O=C1CCNC1=O.O=C1COC(=O)N1. The summed E-state index contributed by atoms with van der Waals surface area (Å²) in [5.74, 6) is -1.09. The molecule has 0 aliphatic carbocycles. The van der Waals surface area contributed by atoms with Gasteiger partial charge in [-0.05, 0) is 0 Å². The summed E-state index contributed by atoms with van der Waals surface area (Å²) in [6, 6.07) is 0. The molecule has 2 fully saturated rings. The number of nitrogens with one attached hydrogen (secondary N) is 2. The van der Waals surface area contributed by atoms with Crippen molar-refractivity contribution in [1.29, 1.82) is 0 Å². The summed E-state index contributed by atoms with van der Waals surface area (Å²) < 4.78 is 4.17. The van der Waals surface area contributed by atoms with Gasteiger partial charge in [0.05, 0.1) is 0 Å². The van der Waals surface area contributed by atoms with E-state index in [2.05, 4.69) is 10.1 Å². The van der Waals surface area contributed by atoms with Gasteiger partial charge in [-0.1, -0.05) is 0 Å². The van der Waals surface area contributed by atoms with Crippen LogP contribution in [0.5, 0.6) is 0 Å². The van der Waals surface area contributed by atoms with Crippen LogP contribution in [0.2, 0.25) is 0 Å². The molecule has 2 aliphatic heterocycles. The number of alkyl carbamates (subject to hydrolysis) is 1. The minimum absolute atomic E-state index is 0.126. The number of cyclic esters (lactones) is 1. The summed E-state index contributed by atoms with van der Waals surface area (Å²) in [6.07, 6.45) is -0.274. The van der Waals surface area contributed by atoms with Gasteiger partial charge in [0.2, 0.25) is 5.78 Å². The average Bonchev–Trinajstić information content (AvgIpc) is 2.65. The van der Waals surface area contributed by atoms with Gasteiger partial charge in [0.25, 0.3) is 11.8 Å². The molecule has 2 heterocycles. The zero-order chi connectivity index (χ0) is 10.6. The largest absolute Gasteiger partial charge is 0.439 e. The van der Waals surface area contributed by atoms with Crippen LogP contribution in [0.4, 0.5) is 4.79 Å². The predicted octanol–water partition coefficient (Wildman–Crippen LogP) is -1.67. The summed E-state index contributed by atoms with van der Waals surface area (Å²) in [5, 5.41) is 4.30. The number of hydrogen-bond donors (Lipinski definition) is 2. The van der Waals surface area contributed by atoms with Gasteiger partial charge in [-0.3, -0.25) is 19.7 Å². The van der Waals surface area contributed by atoms with Gasteiger partial charge in [0, 0.05) is 13.0 Å². The number of carbonyl (C=O) groups is 4. The van der Waals surface area contributed by atoms with E-state index < -0.39 is 12.0 Å². The second kappa shape index (κ2) is 4.35. The molecule has 0 spiro atoms. The first-order valence-electron chi connectivity index (χ1n) is 3.87. The molecule has 0 bridgehead atoms. The van der Waals surface area contributed by atoms with Crippen molar-refractivity contribution in [3.63, 3.8) is 0 Å². The van der Waals surface area contributed by atoms with Gasteiger partial charge in [-0.25, -0.2) is 4.79 Å². The number of ketones is 1. The Bertz CT molecular complexity index is 270. The number of amides is 3. The van der Waals surface area contributed by atoms with E-state index in [4.69, 9.17) is 0 Å². The number of ether oxygens (including phenoxy) is 1. The van der Waals surface area contributed by atoms with Gasteiger partial charge < -0.3 is 10.1 Å². The molecule has 2 N–H and O–H groups in total. The van der Waals surface area contributed by atoms with Crippen LogP contribution in [0.1, 0.15) is 6.42 Å². The minimum Gasteiger partial charge on any atom is -0.439 e. The molecule has 2 saturated heterocycles. The quantitative estimate of drug-likeness (QED) is 0.455. The summed E-state index contributed by atoms with van der Waals surface area (Å²) in [6.45, 7) is 0.399. The Morgan fingerprint density at radius 2 is 1.86 bits per heavy atom. The smallest absolute Gasteiger partial charge is 0.414 e. The average molecular weight is 200 g/mol. The summed E-state index contributed by atoms with van der Waals surface area (Å²) >= 11 is 0. The first-order valence-corrected chi connectivity index (χ1v) is 3.87.